The second kappa shape index (κ2) is 8.57. The molecule has 1 heterocycles. The zero-order chi connectivity index (χ0) is 19.3. The Labute approximate surface area is 169 Å². The first kappa shape index (κ1) is 18.7. The lowest BCUT2D eigenvalue weighted by Crippen LogP contribution is -2.32. The van der Waals surface area contributed by atoms with Crippen LogP contribution in [0.15, 0.2) is 65.8 Å². The number of nitrogens with zero attached hydrogens (tertiary/aromatic N) is 2. The Morgan fingerprint density at radius 1 is 1.11 bits per heavy atom. The van der Waals surface area contributed by atoms with Gasteiger partial charge in [-0.25, -0.2) is 9.97 Å². The fourth-order valence-electron chi connectivity index (χ4n) is 3.63. The molecule has 1 N–H and O–H groups in total. The van der Waals surface area contributed by atoms with Gasteiger partial charge in [0.1, 0.15) is 0 Å². The largest absolute Gasteiger partial charge is 0.349 e. The Morgan fingerprint density at radius 2 is 1.89 bits per heavy atom. The van der Waals surface area contributed by atoms with Crippen molar-refractivity contribution in [3.8, 4) is 11.3 Å². The Kier molecular flexibility index (Phi) is 5.72. The van der Waals surface area contributed by atoms with Crippen LogP contribution in [0, 0.1) is 6.92 Å². The van der Waals surface area contributed by atoms with Crippen LogP contribution in [0.1, 0.15) is 35.7 Å². The third-order valence-electron chi connectivity index (χ3n) is 4.94. The Hall–Kier alpha value is -2.66. The topological polar surface area (TPSA) is 54.9 Å². The number of aromatic nitrogens is 2. The van der Waals surface area contributed by atoms with Crippen LogP contribution in [-0.4, -0.2) is 21.6 Å². The Balaban J connectivity index is 1.41. The number of amides is 1. The molecular formula is C23H23N3OS. The molecule has 0 radical (unpaired) electrons. The normalized spacial score (nSPS) is 15.7. The average molecular weight is 390 g/mol. The van der Waals surface area contributed by atoms with Crippen LogP contribution < -0.4 is 5.32 Å². The van der Waals surface area contributed by atoms with Gasteiger partial charge < -0.3 is 5.32 Å². The van der Waals surface area contributed by atoms with Gasteiger partial charge in [0.15, 0.2) is 5.16 Å². The molecule has 1 amide bonds. The molecule has 0 fully saturated rings. The predicted molar refractivity (Wildman–Crippen MR) is 113 cm³/mol. The highest BCUT2D eigenvalue weighted by Crippen LogP contribution is 2.29. The van der Waals surface area contributed by atoms with Gasteiger partial charge in [-0.05, 0) is 43.4 Å². The number of aryl methyl sites for hydroxylation is 2. The maximum absolute atomic E-state index is 12.5. The smallest absolute Gasteiger partial charge is 0.230 e. The summed E-state index contributed by atoms with van der Waals surface area (Å²) in [6.07, 6.45) is 3.19. The number of carbonyl (C=O) groups is 1. The summed E-state index contributed by atoms with van der Waals surface area (Å²) in [6, 6.07) is 20.5. The van der Waals surface area contributed by atoms with E-state index in [-0.39, 0.29) is 11.9 Å². The maximum atomic E-state index is 12.5. The van der Waals surface area contributed by atoms with Crippen molar-refractivity contribution in [2.45, 2.75) is 37.4 Å². The molecule has 0 saturated heterocycles. The molecule has 28 heavy (non-hydrogen) atoms. The van der Waals surface area contributed by atoms with E-state index in [0.717, 1.165) is 36.2 Å². The zero-order valence-electron chi connectivity index (χ0n) is 15.9. The van der Waals surface area contributed by atoms with Crippen LogP contribution in [-0.2, 0) is 11.2 Å². The van der Waals surface area contributed by atoms with Crippen LogP contribution in [0.5, 0.6) is 0 Å². The van der Waals surface area contributed by atoms with Gasteiger partial charge >= 0.3 is 0 Å². The number of fused-ring (bicyclic) bond motifs is 1. The first-order valence-corrected chi connectivity index (χ1v) is 10.6. The lowest BCUT2D eigenvalue weighted by Gasteiger charge is -2.26. The molecule has 2 aromatic carbocycles. The molecule has 1 aromatic heterocycles. The van der Waals surface area contributed by atoms with Gasteiger partial charge in [-0.3, -0.25) is 4.79 Å². The first-order valence-electron chi connectivity index (χ1n) is 9.60. The predicted octanol–water partition coefficient (Wildman–Crippen LogP) is 4.74. The summed E-state index contributed by atoms with van der Waals surface area (Å²) in [7, 11) is 0. The first-order chi connectivity index (χ1) is 13.7. The highest BCUT2D eigenvalue weighted by atomic mass is 32.2. The molecule has 4 rings (SSSR count). The van der Waals surface area contributed by atoms with Crippen molar-refractivity contribution in [1.82, 2.24) is 15.3 Å². The van der Waals surface area contributed by atoms with E-state index in [4.69, 9.17) is 0 Å². The Morgan fingerprint density at radius 3 is 2.75 bits per heavy atom. The number of hydrogen-bond donors (Lipinski definition) is 1. The third kappa shape index (κ3) is 4.42. The minimum Gasteiger partial charge on any atom is -0.349 e. The van der Waals surface area contributed by atoms with Gasteiger partial charge in [-0.1, -0.05) is 66.4 Å². The van der Waals surface area contributed by atoms with Gasteiger partial charge in [0.25, 0.3) is 0 Å². The van der Waals surface area contributed by atoms with Gasteiger partial charge in [0, 0.05) is 11.3 Å². The summed E-state index contributed by atoms with van der Waals surface area (Å²) < 4.78 is 0. The second-order valence-corrected chi connectivity index (χ2v) is 7.99. The number of nitrogens with one attached hydrogen (secondary N) is 1. The number of benzene rings is 2. The van der Waals surface area contributed by atoms with Crippen LogP contribution in [0.2, 0.25) is 0 Å². The highest BCUT2D eigenvalue weighted by Gasteiger charge is 2.21. The van der Waals surface area contributed by atoms with Gasteiger partial charge in [-0.15, -0.1) is 0 Å². The molecule has 0 aliphatic heterocycles. The lowest BCUT2D eigenvalue weighted by molar-refractivity contribution is -0.119. The molecule has 5 heteroatoms. The van der Waals surface area contributed by atoms with Crippen molar-refractivity contribution < 1.29 is 4.79 Å². The Bertz CT molecular complexity index is 975. The molecule has 0 unspecified atom stereocenters. The van der Waals surface area contributed by atoms with Crippen molar-refractivity contribution in [3.05, 3.63) is 77.5 Å². The number of carbonyl (C=O) groups excluding carboxylic acids is 1. The fourth-order valence-corrected chi connectivity index (χ4v) is 4.35. The van der Waals surface area contributed by atoms with Crippen molar-refractivity contribution >= 4 is 17.7 Å². The van der Waals surface area contributed by atoms with E-state index >= 15 is 0 Å². The van der Waals surface area contributed by atoms with Crippen molar-refractivity contribution in [2.75, 3.05) is 5.75 Å². The quantitative estimate of drug-likeness (QED) is 0.506. The highest BCUT2D eigenvalue weighted by molar-refractivity contribution is 7.99. The minimum atomic E-state index is 0.0260. The van der Waals surface area contributed by atoms with Gasteiger partial charge in [0.05, 0.1) is 17.5 Å². The molecule has 1 atom stereocenters. The molecule has 4 nitrogen and oxygen atoms in total. The summed E-state index contributed by atoms with van der Waals surface area (Å²) >= 11 is 1.39. The number of thioether (sulfide) groups is 1. The summed E-state index contributed by atoms with van der Waals surface area (Å²) in [6.45, 7) is 1.96. The van der Waals surface area contributed by atoms with Crippen LogP contribution in [0.4, 0.5) is 0 Å². The second-order valence-electron chi connectivity index (χ2n) is 7.04. The summed E-state index contributed by atoms with van der Waals surface area (Å²) in [5, 5.41) is 3.83. The maximum Gasteiger partial charge on any atom is 0.230 e. The van der Waals surface area contributed by atoms with Crippen molar-refractivity contribution in [3.63, 3.8) is 0 Å². The zero-order valence-corrected chi connectivity index (χ0v) is 16.7. The minimum absolute atomic E-state index is 0.0260. The molecule has 142 valence electrons. The van der Waals surface area contributed by atoms with E-state index in [2.05, 4.69) is 33.5 Å². The van der Waals surface area contributed by atoms with E-state index in [9.17, 15) is 4.79 Å². The molecule has 1 aliphatic carbocycles. The molecule has 0 saturated carbocycles. The van der Waals surface area contributed by atoms with E-state index < -0.39 is 0 Å². The summed E-state index contributed by atoms with van der Waals surface area (Å²) in [5.41, 5.74) is 5.44. The van der Waals surface area contributed by atoms with E-state index in [0.29, 0.717) is 10.9 Å². The monoisotopic (exact) mass is 389 g/mol. The lowest BCUT2D eigenvalue weighted by atomic mass is 9.88. The standard InChI is InChI=1S/C23H23N3OS/c1-16-14-21(18-9-3-2-4-10-18)26-23(24-16)28-15-22(27)25-20-13-7-11-17-8-5-6-12-19(17)20/h2-6,8-10,12,14,20H,7,11,13,15H2,1H3,(H,25,27)/t20-/m1/s1. The summed E-state index contributed by atoms with van der Waals surface area (Å²) in [5.74, 6) is 0.342. The molecule has 0 spiro atoms. The van der Waals surface area contributed by atoms with Gasteiger partial charge in [0.2, 0.25) is 5.91 Å². The average Bonchev–Trinajstić information content (AvgIpc) is 2.73. The van der Waals surface area contributed by atoms with Crippen molar-refractivity contribution in [2.24, 2.45) is 0 Å². The van der Waals surface area contributed by atoms with Crippen LogP contribution >= 0.6 is 11.8 Å². The van der Waals surface area contributed by atoms with Gasteiger partial charge in [-0.2, -0.15) is 0 Å². The number of rotatable bonds is 5. The molecular weight excluding hydrogens is 366 g/mol. The van der Waals surface area contributed by atoms with E-state index in [1.807, 2.05) is 49.4 Å². The number of hydrogen-bond acceptors (Lipinski definition) is 4. The van der Waals surface area contributed by atoms with Crippen LogP contribution in [0.25, 0.3) is 11.3 Å². The van der Waals surface area contributed by atoms with Crippen molar-refractivity contribution in [1.29, 1.82) is 0 Å². The van der Waals surface area contributed by atoms with E-state index in [1.54, 1.807) is 0 Å². The SMILES string of the molecule is Cc1cc(-c2ccccc2)nc(SCC(=O)N[C@@H]2CCCc3ccccc32)n1. The summed E-state index contributed by atoms with van der Waals surface area (Å²) in [4.78, 5) is 21.7. The van der Waals surface area contributed by atoms with E-state index in [1.165, 1.54) is 22.9 Å². The fraction of sp³-hybridized carbons (Fsp3) is 0.261. The molecule has 3 aromatic rings. The third-order valence-corrected chi connectivity index (χ3v) is 5.79. The molecule has 0 bridgehead atoms. The van der Waals surface area contributed by atoms with Crippen LogP contribution in [0.3, 0.4) is 0 Å². The molecule has 1 aliphatic rings.